The number of benzene rings is 1. The lowest BCUT2D eigenvalue weighted by Gasteiger charge is -2.52. The van der Waals surface area contributed by atoms with Crippen molar-refractivity contribution in [2.24, 2.45) is 35.0 Å². The second-order valence-corrected chi connectivity index (χ2v) is 12.3. The Hall–Kier alpha value is -1.75. The summed E-state index contributed by atoms with van der Waals surface area (Å²) in [6.07, 6.45) is 11.3. The summed E-state index contributed by atoms with van der Waals surface area (Å²) in [5, 5.41) is 19.7. The largest absolute Gasteiger partial charge is 0.390 e. The van der Waals surface area contributed by atoms with E-state index in [-0.39, 0.29) is 17.4 Å². The Morgan fingerprint density at radius 3 is 2.32 bits per heavy atom. The number of nitrogens with zero attached hydrogens (tertiary/aromatic N) is 3. The molecule has 1 aromatic carbocycles. The molecule has 1 N–H and O–H groups in total. The van der Waals surface area contributed by atoms with Crippen molar-refractivity contribution in [3.63, 3.8) is 0 Å². The smallest absolute Gasteiger partial charge is 0.162 e. The van der Waals surface area contributed by atoms with Crippen LogP contribution in [0.15, 0.2) is 24.3 Å². The maximum atomic E-state index is 13.9. The monoisotopic (exact) mass is 465 g/mol. The van der Waals surface area contributed by atoms with Gasteiger partial charge in [0.2, 0.25) is 0 Å². The van der Waals surface area contributed by atoms with Crippen LogP contribution in [0.1, 0.15) is 97.9 Å². The molecule has 5 rings (SSSR count). The highest BCUT2D eigenvalue weighted by Crippen LogP contribution is 2.62. The van der Waals surface area contributed by atoms with Gasteiger partial charge < -0.3 is 5.11 Å². The van der Waals surface area contributed by atoms with E-state index in [1.54, 1.807) is 4.80 Å². The van der Waals surface area contributed by atoms with Gasteiger partial charge in [-0.3, -0.25) is 4.79 Å². The third-order valence-electron chi connectivity index (χ3n) is 10.2. The number of fused-ring (bicyclic) bond motifs is 2. The molecule has 0 spiro atoms. The van der Waals surface area contributed by atoms with Gasteiger partial charge in [0, 0.05) is 5.92 Å². The Bertz CT molecular complexity index is 986. The summed E-state index contributed by atoms with van der Waals surface area (Å²) in [5.41, 5.74) is 1.33. The lowest BCUT2D eigenvalue weighted by atomic mass is 9.53. The normalized spacial score (nSPS) is 39.1. The molecule has 0 saturated heterocycles. The number of aromatic nitrogens is 3. The molecule has 3 fully saturated rings. The van der Waals surface area contributed by atoms with Gasteiger partial charge in [-0.05, 0) is 106 Å². The van der Waals surface area contributed by atoms with Gasteiger partial charge in [-0.1, -0.05) is 38.8 Å². The Labute approximate surface area is 204 Å². The van der Waals surface area contributed by atoms with Crippen LogP contribution in [0, 0.1) is 35.0 Å². The number of rotatable bonds is 6. The molecule has 3 saturated carbocycles. The van der Waals surface area contributed by atoms with E-state index in [1.165, 1.54) is 38.5 Å². The number of Topliss-reactive ketones (excluding diaryl/α,β-unsaturated/α-hetero) is 1. The lowest BCUT2D eigenvalue weighted by molar-refractivity contribution is -0.132. The van der Waals surface area contributed by atoms with Crippen LogP contribution in [0.3, 0.4) is 0 Å². The second-order valence-electron chi connectivity index (χ2n) is 12.3. The Morgan fingerprint density at radius 1 is 1.06 bits per heavy atom. The minimum Gasteiger partial charge on any atom is -0.390 e. The Kier molecular flexibility index (Phi) is 6.37. The molecule has 5 heteroatoms. The van der Waals surface area contributed by atoms with Gasteiger partial charge in [0.15, 0.2) is 5.78 Å². The summed E-state index contributed by atoms with van der Waals surface area (Å²) in [4.78, 5) is 15.5. The van der Waals surface area contributed by atoms with Crippen LogP contribution >= 0.6 is 0 Å². The van der Waals surface area contributed by atoms with Crippen LogP contribution in [0.25, 0.3) is 11.0 Å². The van der Waals surface area contributed by atoms with Crippen molar-refractivity contribution in [2.45, 2.75) is 104 Å². The first-order valence-corrected chi connectivity index (χ1v) is 13.8. The highest BCUT2D eigenvalue weighted by molar-refractivity contribution is 5.86. The minimum atomic E-state index is -0.466. The molecule has 2 aromatic rings. The van der Waals surface area contributed by atoms with Crippen molar-refractivity contribution in [1.29, 1.82) is 0 Å². The average Bonchev–Trinajstić information content (AvgIpc) is 3.40. The maximum absolute atomic E-state index is 13.9. The molecular formula is C29H43N3O2. The van der Waals surface area contributed by atoms with Gasteiger partial charge in [-0.2, -0.15) is 15.0 Å². The Balaban J connectivity index is 1.35. The molecular weight excluding hydrogens is 422 g/mol. The highest BCUT2D eigenvalue weighted by atomic mass is 16.3. The number of hydrogen-bond acceptors (Lipinski definition) is 4. The summed E-state index contributed by atoms with van der Waals surface area (Å²) in [7, 11) is 0. The molecule has 34 heavy (non-hydrogen) atoms. The Morgan fingerprint density at radius 2 is 1.71 bits per heavy atom. The summed E-state index contributed by atoms with van der Waals surface area (Å²) in [6, 6.07) is 7.54. The fraction of sp³-hybridized carbons (Fsp3) is 0.759. The third kappa shape index (κ3) is 4.12. The van der Waals surface area contributed by atoms with Crippen molar-refractivity contribution in [1.82, 2.24) is 15.0 Å². The van der Waals surface area contributed by atoms with Crippen molar-refractivity contribution in [3.05, 3.63) is 24.3 Å². The molecule has 3 aliphatic carbocycles. The zero-order valence-corrected chi connectivity index (χ0v) is 21.5. The zero-order valence-electron chi connectivity index (χ0n) is 21.5. The van der Waals surface area contributed by atoms with E-state index in [4.69, 9.17) is 0 Å². The van der Waals surface area contributed by atoms with Gasteiger partial charge in [0.05, 0.1) is 5.60 Å². The number of carbonyl (C=O) groups is 1. The van der Waals surface area contributed by atoms with E-state index in [0.717, 1.165) is 54.5 Å². The lowest BCUT2D eigenvalue weighted by Crippen LogP contribution is -2.47. The zero-order chi connectivity index (χ0) is 24.1. The number of carbonyl (C=O) groups excluding carboxylic acids is 1. The molecule has 186 valence electrons. The van der Waals surface area contributed by atoms with Crippen LogP contribution in [-0.4, -0.2) is 31.5 Å². The van der Waals surface area contributed by atoms with Gasteiger partial charge in [0.1, 0.15) is 17.1 Å². The first-order valence-electron chi connectivity index (χ1n) is 13.8. The number of ketones is 1. The first kappa shape index (κ1) is 24.0. The third-order valence-corrected chi connectivity index (χ3v) is 10.2. The summed E-state index contributed by atoms with van der Waals surface area (Å²) in [5.74, 6) is 3.30. The molecule has 1 aromatic heterocycles. The van der Waals surface area contributed by atoms with Crippen LogP contribution < -0.4 is 0 Å². The van der Waals surface area contributed by atoms with Crippen molar-refractivity contribution in [2.75, 3.05) is 0 Å². The van der Waals surface area contributed by atoms with E-state index >= 15 is 0 Å². The second kappa shape index (κ2) is 9.04. The van der Waals surface area contributed by atoms with Gasteiger partial charge in [-0.25, -0.2) is 0 Å². The number of hydrogen-bond donors (Lipinski definition) is 1. The standard InChI is InChI=1S/C29H43N3O2/c1-5-8-22-21(20-13-16-28(3,34)17-14-20)15-18-29(4)23(22)11-12-24(29)27(33)19(2)32-30-25-9-6-7-10-26(25)31-32/h6-7,9-10,19-24,34H,5,8,11-18H2,1-4H3/t19-,20-,21+,22+,23-,24+,28+,29-/m0/s1. The predicted molar refractivity (Wildman–Crippen MR) is 135 cm³/mol. The van der Waals surface area contributed by atoms with Crippen LogP contribution in [0.4, 0.5) is 0 Å². The predicted octanol–water partition coefficient (Wildman–Crippen LogP) is 6.36. The SMILES string of the molecule is CCC[C@H]1[C@@H]2CC[C@H](C(=O)[C@H](C)n3nc4ccccc4n3)[C@@]2(C)CC[C@@H]1[C@H]1CC[C@@](C)(O)CC1. The molecule has 6 atom stereocenters. The van der Waals surface area contributed by atoms with Gasteiger partial charge in [-0.15, -0.1) is 0 Å². The van der Waals surface area contributed by atoms with E-state index in [0.29, 0.717) is 11.7 Å². The van der Waals surface area contributed by atoms with Gasteiger partial charge in [0.25, 0.3) is 0 Å². The van der Waals surface area contributed by atoms with Crippen LogP contribution in [-0.2, 0) is 4.79 Å². The minimum absolute atomic E-state index is 0.0917. The number of aliphatic hydroxyl groups is 1. The van der Waals surface area contributed by atoms with E-state index in [9.17, 15) is 9.90 Å². The molecule has 1 heterocycles. The highest BCUT2D eigenvalue weighted by Gasteiger charge is 2.57. The quantitative estimate of drug-likeness (QED) is 0.539. The van der Waals surface area contributed by atoms with Crippen LogP contribution in [0.5, 0.6) is 0 Å². The fourth-order valence-electron chi connectivity index (χ4n) is 8.26. The van der Waals surface area contributed by atoms with E-state index in [2.05, 4.69) is 24.0 Å². The molecule has 0 unspecified atom stereocenters. The van der Waals surface area contributed by atoms with Crippen molar-refractivity contribution in [3.8, 4) is 0 Å². The summed E-state index contributed by atoms with van der Waals surface area (Å²) < 4.78 is 0. The topological polar surface area (TPSA) is 68.0 Å². The summed E-state index contributed by atoms with van der Waals surface area (Å²) >= 11 is 0. The molecule has 3 aliphatic rings. The van der Waals surface area contributed by atoms with Crippen LogP contribution in [0.2, 0.25) is 0 Å². The van der Waals surface area contributed by atoms with Crippen molar-refractivity contribution >= 4 is 16.8 Å². The first-order chi connectivity index (χ1) is 16.2. The maximum Gasteiger partial charge on any atom is 0.162 e. The summed E-state index contributed by atoms with van der Waals surface area (Å²) in [6.45, 7) is 8.75. The van der Waals surface area contributed by atoms with Crippen molar-refractivity contribution < 1.29 is 9.90 Å². The molecule has 0 radical (unpaired) electrons. The van der Waals surface area contributed by atoms with E-state index in [1.807, 2.05) is 38.1 Å². The molecule has 5 nitrogen and oxygen atoms in total. The fourth-order valence-corrected chi connectivity index (χ4v) is 8.26. The van der Waals surface area contributed by atoms with Gasteiger partial charge >= 0.3 is 0 Å². The molecule has 0 bridgehead atoms. The average molecular weight is 466 g/mol. The van der Waals surface area contributed by atoms with E-state index < -0.39 is 5.60 Å². The molecule has 0 aliphatic heterocycles. The molecule has 0 amide bonds.